The number of thiophene rings is 8. The Labute approximate surface area is 543 Å². The lowest BCUT2D eigenvalue weighted by Gasteiger charge is -2.20. The van der Waals surface area contributed by atoms with Crippen LogP contribution in [0.25, 0.3) is 68.3 Å². The van der Waals surface area contributed by atoms with Crippen molar-refractivity contribution in [3.8, 4) is 160 Å². The summed E-state index contributed by atoms with van der Waals surface area (Å²) in [6.45, 7) is 14.5. The highest BCUT2D eigenvalue weighted by molar-refractivity contribution is 7.33. The van der Waals surface area contributed by atoms with Gasteiger partial charge in [0, 0.05) is 12.2 Å². The first-order valence-electron chi connectivity index (χ1n) is 29.8. The van der Waals surface area contributed by atoms with E-state index in [1.165, 1.54) is 11.1 Å². The summed E-state index contributed by atoms with van der Waals surface area (Å²) in [6.07, 6.45) is 3.55. The van der Waals surface area contributed by atoms with E-state index in [-0.39, 0.29) is 5.41 Å². The van der Waals surface area contributed by atoms with Crippen LogP contribution in [0.5, 0.6) is 92.0 Å². The average Bonchev–Trinajstić information content (AvgIpc) is 1.60. The number of rotatable bonds is 15. The fraction of sp³-hybridized carbons (Fsp3) is 0.406. The summed E-state index contributed by atoms with van der Waals surface area (Å²) < 4.78 is 110. The Bertz CT molecular complexity index is 4200. The summed E-state index contributed by atoms with van der Waals surface area (Å²) in [7, 11) is 0. The van der Waals surface area contributed by atoms with Gasteiger partial charge < -0.3 is 80.5 Å². The Hall–Kier alpha value is -6.42. The molecule has 9 aromatic rings. The molecule has 89 heavy (non-hydrogen) atoms. The lowest BCUT2D eigenvalue weighted by Crippen LogP contribution is -2.16. The van der Waals surface area contributed by atoms with Crippen LogP contribution in [-0.4, -0.2) is 119 Å². The van der Waals surface area contributed by atoms with Gasteiger partial charge in [0.15, 0.2) is 80.5 Å². The summed E-state index contributed by atoms with van der Waals surface area (Å²) in [5, 5.41) is 2.21. The van der Waals surface area contributed by atoms with Crippen LogP contribution in [0, 0.1) is 0 Å². The Balaban J connectivity index is 0.702. The van der Waals surface area contributed by atoms with Crippen LogP contribution >= 0.6 is 90.7 Å². The quantitative estimate of drug-likeness (QED) is 0.0892. The van der Waals surface area contributed by atoms with Gasteiger partial charge in [-0.2, -0.15) is 0 Å². The minimum atomic E-state index is 0.0451. The zero-order valence-corrected chi connectivity index (χ0v) is 55.2. The zero-order chi connectivity index (χ0) is 59.3. The normalized spacial score (nSPS) is 16.7. The van der Waals surface area contributed by atoms with Crippen LogP contribution in [0.1, 0.15) is 49.6 Å². The predicted octanol–water partition coefficient (Wildman–Crippen LogP) is 15.9. The van der Waals surface area contributed by atoms with E-state index < -0.39 is 0 Å². The van der Waals surface area contributed by atoms with Crippen LogP contribution in [0.2, 0.25) is 0 Å². The van der Waals surface area contributed by atoms with Gasteiger partial charge >= 0.3 is 0 Å². The summed E-state index contributed by atoms with van der Waals surface area (Å²) in [4.78, 5) is 13.7. The molecule has 1 aromatic carbocycles. The monoisotopic (exact) mass is 1350 g/mol. The molecule has 0 fully saturated rings. The third-order valence-electron chi connectivity index (χ3n) is 15.8. The van der Waals surface area contributed by atoms with Gasteiger partial charge in [0.1, 0.15) is 111 Å². The predicted molar refractivity (Wildman–Crippen MR) is 348 cm³/mol. The first-order valence-corrected chi connectivity index (χ1v) is 36.4. The van der Waals surface area contributed by atoms with Crippen molar-refractivity contribution in [1.82, 2.24) is 0 Å². The number of ether oxygens (including phenoxy) is 17. The molecule has 25 heteroatoms. The molecule has 0 aliphatic carbocycles. The molecule has 0 bridgehead atoms. The highest BCUT2D eigenvalue weighted by Gasteiger charge is 2.42. The van der Waals surface area contributed by atoms with E-state index >= 15 is 0 Å². The largest absolute Gasteiger partial charge is 0.492 e. The second kappa shape index (κ2) is 23.4. The van der Waals surface area contributed by atoms with Gasteiger partial charge in [-0.3, -0.25) is 0 Å². The van der Waals surface area contributed by atoms with Crippen LogP contribution in [0.15, 0.2) is 29.6 Å². The maximum Gasteiger partial charge on any atom is 0.181 e. The third-order valence-corrected chi connectivity index (χ3v) is 26.1. The van der Waals surface area contributed by atoms with Crippen LogP contribution in [0.4, 0.5) is 0 Å². The molecule has 8 aliphatic rings. The van der Waals surface area contributed by atoms with Gasteiger partial charge in [-0.1, -0.05) is 32.9 Å². The van der Waals surface area contributed by atoms with E-state index in [4.69, 9.17) is 80.5 Å². The van der Waals surface area contributed by atoms with Gasteiger partial charge in [-0.05, 0) is 54.2 Å². The van der Waals surface area contributed by atoms with E-state index in [0.717, 1.165) is 128 Å². The van der Waals surface area contributed by atoms with E-state index in [0.29, 0.717) is 182 Å². The first-order chi connectivity index (χ1) is 43.8. The van der Waals surface area contributed by atoms with E-state index in [2.05, 4.69) is 38.3 Å². The number of hydrogen-bond acceptors (Lipinski definition) is 25. The van der Waals surface area contributed by atoms with Gasteiger partial charge in [0.2, 0.25) is 0 Å². The molecule has 0 N–H and O–H groups in total. The Morgan fingerprint density at radius 2 is 0.697 bits per heavy atom. The summed E-state index contributed by atoms with van der Waals surface area (Å²) in [6, 6.07) is 8.29. The second-order valence-electron chi connectivity index (χ2n) is 22.6. The van der Waals surface area contributed by atoms with Gasteiger partial charge in [-0.15, -0.1) is 90.7 Å². The standard InChI is InChI=1S/C64H58O17S8/c1-64(2,3)32-8-4-9-33(29-32)66-14-13-65-11-6-10-34-36-37(69-16-15-68-36)52(83-34)53-40-41(73-20-19-72-40)56(85-53)57-44-45(77-24-23-76-44)60(87-57)61-48-49(81-28-27-80-48)63(89-61)62-47-46(78-25-26-79-47)59(88-62)58-43-42(74-21-22-75-43)55(86-58)54-39-38(70-17-18-71-39)51(84-54)50-35-31(30-82-50)7-5-12-67-35/h4,8-9,29-30H,5-7,10-28H2,1-3H3. The van der Waals surface area contributed by atoms with Gasteiger partial charge in [0.05, 0.1) is 86.4 Å². The van der Waals surface area contributed by atoms with E-state index in [9.17, 15) is 0 Å². The summed E-state index contributed by atoms with van der Waals surface area (Å²) >= 11 is 12.9. The molecule has 0 saturated heterocycles. The Morgan fingerprint density at radius 3 is 1.08 bits per heavy atom. The number of benzene rings is 1. The molecule has 0 atom stereocenters. The van der Waals surface area contributed by atoms with Gasteiger partial charge in [0.25, 0.3) is 0 Å². The molecule has 17 rings (SSSR count). The molecule has 0 amide bonds. The number of fused-ring (bicyclic) bond motifs is 8. The maximum atomic E-state index is 6.66. The molecule has 464 valence electrons. The molecule has 0 saturated carbocycles. The Morgan fingerprint density at radius 1 is 0.360 bits per heavy atom. The van der Waals surface area contributed by atoms with E-state index in [1.54, 1.807) is 90.7 Å². The maximum absolute atomic E-state index is 6.66. The second-order valence-corrected chi connectivity index (χ2v) is 30.7. The molecule has 8 aromatic heterocycles. The third kappa shape index (κ3) is 9.89. The van der Waals surface area contributed by atoms with Crippen LogP contribution in [0.3, 0.4) is 0 Å². The smallest absolute Gasteiger partial charge is 0.181 e. The lowest BCUT2D eigenvalue weighted by molar-refractivity contribution is 0.0983. The minimum Gasteiger partial charge on any atom is -0.492 e. The molecular weight excluding hydrogens is 1300 g/mol. The fourth-order valence-electron chi connectivity index (χ4n) is 11.8. The summed E-state index contributed by atoms with van der Waals surface area (Å²) in [5.41, 5.74) is 2.52. The van der Waals surface area contributed by atoms with E-state index in [1.807, 2.05) is 12.1 Å². The van der Waals surface area contributed by atoms with Crippen molar-refractivity contribution in [2.45, 2.75) is 51.9 Å². The lowest BCUT2D eigenvalue weighted by atomic mass is 9.87. The van der Waals surface area contributed by atoms with Crippen molar-refractivity contribution in [3.63, 3.8) is 0 Å². The first kappa shape index (κ1) is 56.6. The minimum absolute atomic E-state index is 0.0451. The van der Waals surface area contributed by atoms with Crippen molar-refractivity contribution in [2.24, 2.45) is 0 Å². The molecule has 17 nitrogen and oxygen atoms in total. The fourth-order valence-corrected chi connectivity index (χ4v) is 22.1. The Kier molecular flexibility index (Phi) is 14.8. The molecule has 16 heterocycles. The number of hydrogen-bond donors (Lipinski definition) is 0. The van der Waals surface area contributed by atoms with Crippen molar-refractivity contribution in [2.75, 3.05) is 119 Å². The topological polar surface area (TPSA) is 157 Å². The van der Waals surface area contributed by atoms with Crippen LogP contribution < -0.4 is 75.8 Å². The van der Waals surface area contributed by atoms with Crippen molar-refractivity contribution in [1.29, 1.82) is 0 Å². The molecule has 0 unspecified atom stereocenters. The molecule has 0 radical (unpaired) electrons. The van der Waals surface area contributed by atoms with Crippen molar-refractivity contribution >= 4 is 90.7 Å². The van der Waals surface area contributed by atoms with Gasteiger partial charge in [-0.25, -0.2) is 0 Å². The SMILES string of the molecule is CC(C)(C)c1cccc(OCCOCCCc2sc(-c3sc(-c4sc(-c5sc(-c6sc(-c7sc(-c8sc(-c9scc%10c9OCCC%10)c9c8OCCO9)c8c7OCCO8)c7c6OCCO7)c6c5OCCO6)c5c4OCCO5)c4c3OCCO4)c3c2OCCO3)c1. The summed E-state index contributed by atoms with van der Waals surface area (Å²) in [5.74, 6) is 11.3. The molecule has 8 aliphatic heterocycles. The van der Waals surface area contributed by atoms with Crippen molar-refractivity contribution < 1.29 is 80.5 Å². The van der Waals surface area contributed by atoms with Crippen LogP contribution in [-0.2, 0) is 23.0 Å². The highest BCUT2D eigenvalue weighted by atomic mass is 32.1. The molecular formula is C64H58O17S8. The van der Waals surface area contributed by atoms with Crippen molar-refractivity contribution in [3.05, 3.63) is 45.6 Å². The average molecular weight is 1360 g/mol. The zero-order valence-electron chi connectivity index (χ0n) is 48.6. The molecule has 0 spiro atoms. The number of aryl methyl sites for hydroxylation is 2. The highest BCUT2D eigenvalue weighted by Crippen LogP contribution is 2.70.